The molecule has 0 aliphatic rings. The summed E-state index contributed by atoms with van der Waals surface area (Å²) in [4.78, 5) is 24.6. The Morgan fingerprint density at radius 2 is 0.588 bits per heavy atom. The summed E-state index contributed by atoms with van der Waals surface area (Å²) in [5.74, 6) is -0.0222. The molecule has 0 aromatic carbocycles. The molecule has 0 bridgehead atoms. The molecule has 0 radical (unpaired) electrons. The summed E-state index contributed by atoms with van der Waals surface area (Å²) in [6, 6.07) is -0.542. The van der Waals surface area contributed by atoms with E-state index < -0.39 is 12.1 Å². The Balaban J connectivity index is 3.38. The first-order valence-corrected chi connectivity index (χ1v) is 36.6. The van der Waals surface area contributed by atoms with E-state index in [1.807, 2.05) is 0 Å². The van der Waals surface area contributed by atoms with E-state index in [0.717, 1.165) is 44.9 Å². The maximum Gasteiger partial charge on any atom is 0.305 e. The molecule has 2 atom stereocenters. The number of rotatable bonds is 69. The van der Waals surface area contributed by atoms with Crippen LogP contribution in [0.1, 0.15) is 412 Å². The molecule has 2 unspecified atom stereocenters. The standard InChI is InChI=1S/C74H143NO5/c1-3-5-7-9-11-13-15-17-18-19-20-21-31-34-37-40-43-46-50-54-58-62-66-72(77)71(70-76)75-73(78)67-63-59-55-51-47-44-41-38-35-32-29-27-25-23-22-24-26-28-30-33-36-39-42-45-49-53-57-61-65-69-80-74(79)68-64-60-56-52-48-16-14-12-10-8-6-4-2/h12,14,22,24,71-72,76-77H,3-11,13,15-21,23,25-70H2,1-2H3,(H,75,78)/b14-12-,24-22-. The molecule has 0 spiro atoms. The average Bonchev–Trinajstić information content (AvgIpc) is 3.46. The zero-order valence-corrected chi connectivity index (χ0v) is 54.3. The monoisotopic (exact) mass is 1130 g/mol. The van der Waals surface area contributed by atoms with Gasteiger partial charge in [-0.05, 0) is 77.0 Å². The molecule has 0 aliphatic heterocycles. The van der Waals surface area contributed by atoms with Crippen molar-refractivity contribution < 1.29 is 24.5 Å². The van der Waals surface area contributed by atoms with Crippen LogP contribution in [0, 0.1) is 0 Å². The molecule has 0 saturated carbocycles. The molecule has 1 amide bonds. The van der Waals surface area contributed by atoms with Crippen LogP contribution in [0.4, 0.5) is 0 Å². The summed E-state index contributed by atoms with van der Waals surface area (Å²) in [7, 11) is 0. The van der Waals surface area contributed by atoms with Crippen LogP contribution < -0.4 is 5.32 Å². The van der Waals surface area contributed by atoms with Crippen LogP contribution >= 0.6 is 0 Å². The van der Waals surface area contributed by atoms with Gasteiger partial charge in [-0.15, -0.1) is 0 Å². The zero-order valence-electron chi connectivity index (χ0n) is 54.3. The lowest BCUT2D eigenvalue weighted by molar-refractivity contribution is -0.143. The summed E-state index contributed by atoms with van der Waals surface area (Å²) in [6.07, 6.45) is 88.1. The number of nitrogens with one attached hydrogen (secondary N) is 1. The van der Waals surface area contributed by atoms with E-state index in [1.54, 1.807) is 0 Å². The van der Waals surface area contributed by atoms with Crippen LogP contribution in [-0.4, -0.2) is 47.4 Å². The number of allylic oxidation sites excluding steroid dienone is 4. The Labute approximate surface area is 501 Å². The zero-order chi connectivity index (χ0) is 57.8. The second kappa shape index (κ2) is 69.8. The number of carbonyl (C=O) groups is 2. The minimum absolute atomic E-state index is 0.00711. The smallest absolute Gasteiger partial charge is 0.305 e. The van der Waals surface area contributed by atoms with Crippen LogP contribution in [-0.2, 0) is 14.3 Å². The first-order valence-electron chi connectivity index (χ1n) is 36.6. The number of carbonyl (C=O) groups excluding carboxylic acids is 2. The van der Waals surface area contributed by atoms with Crippen molar-refractivity contribution in [3.63, 3.8) is 0 Å². The van der Waals surface area contributed by atoms with Crippen molar-refractivity contribution in [2.24, 2.45) is 0 Å². The normalized spacial score (nSPS) is 12.6. The third-order valence-electron chi connectivity index (χ3n) is 17.2. The summed E-state index contributed by atoms with van der Waals surface area (Å²) >= 11 is 0. The fourth-order valence-electron chi connectivity index (χ4n) is 11.6. The molecule has 6 heteroatoms. The van der Waals surface area contributed by atoms with Gasteiger partial charge in [0.05, 0.1) is 25.4 Å². The third-order valence-corrected chi connectivity index (χ3v) is 17.2. The van der Waals surface area contributed by atoms with Gasteiger partial charge in [-0.1, -0.05) is 346 Å². The lowest BCUT2D eigenvalue weighted by Gasteiger charge is -2.22. The van der Waals surface area contributed by atoms with Crippen LogP contribution in [0.2, 0.25) is 0 Å². The predicted octanol–water partition coefficient (Wildman–Crippen LogP) is 23.7. The number of esters is 1. The van der Waals surface area contributed by atoms with E-state index in [-0.39, 0.29) is 18.5 Å². The number of amides is 1. The van der Waals surface area contributed by atoms with Gasteiger partial charge >= 0.3 is 5.97 Å². The topological polar surface area (TPSA) is 95.9 Å². The van der Waals surface area contributed by atoms with Crippen LogP contribution in [0.15, 0.2) is 24.3 Å². The molecule has 6 nitrogen and oxygen atoms in total. The van der Waals surface area contributed by atoms with Gasteiger partial charge in [0, 0.05) is 12.8 Å². The molecule has 0 aliphatic carbocycles. The average molecular weight is 1130 g/mol. The summed E-state index contributed by atoms with van der Waals surface area (Å²) in [5.41, 5.74) is 0. The van der Waals surface area contributed by atoms with Gasteiger partial charge in [0.25, 0.3) is 0 Å². The molecule has 474 valence electrons. The van der Waals surface area contributed by atoms with Gasteiger partial charge < -0.3 is 20.3 Å². The molecule has 0 saturated heterocycles. The number of aliphatic hydroxyl groups is 2. The van der Waals surface area contributed by atoms with Crippen molar-refractivity contribution in [2.75, 3.05) is 13.2 Å². The molecular weight excluding hydrogens is 983 g/mol. The van der Waals surface area contributed by atoms with Gasteiger partial charge in [0.15, 0.2) is 0 Å². The maximum absolute atomic E-state index is 12.6. The van der Waals surface area contributed by atoms with Gasteiger partial charge in [-0.25, -0.2) is 0 Å². The van der Waals surface area contributed by atoms with Crippen molar-refractivity contribution in [3.05, 3.63) is 24.3 Å². The SMILES string of the molecule is CCCCC/C=C\CCCCCCCC(=O)OCCCCCCCCCCCCCC/C=C\CCCCCCCCCCCCCCCC(=O)NC(CO)C(O)CCCCCCCCCCCCCCCCCCCCCCCC. The highest BCUT2D eigenvalue weighted by molar-refractivity contribution is 5.76. The van der Waals surface area contributed by atoms with Gasteiger partial charge in [0.2, 0.25) is 5.91 Å². The largest absolute Gasteiger partial charge is 0.466 e. The third kappa shape index (κ3) is 65.5. The van der Waals surface area contributed by atoms with Crippen molar-refractivity contribution >= 4 is 11.9 Å². The fraction of sp³-hybridized carbons (Fsp3) is 0.919. The molecular formula is C74H143NO5. The Hall–Kier alpha value is -1.66. The van der Waals surface area contributed by atoms with Gasteiger partial charge in [-0.2, -0.15) is 0 Å². The van der Waals surface area contributed by atoms with Gasteiger partial charge in [0.1, 0.15) is 0 Å². The summed E-state index contributed by atoms with van der Waals surface area (Å²) in [5, 5.41) is 23.4. The molecule has 80 heavy (non-hydrogen) atoms. The molecule has 0 rings (SSSR count). The quantitative estimate of drug-likeness (QED) is 0.0320. The van der Waals surface area contributed by atoms with E-state index in [9.17, 15) is 19.8 Å². The van der Waals surface area contributed by atoms with Crippen molar-refractivity contribution in [1.29, 1.82) is 0 Å². The lowest BCUT2D eigenvalue weighted by Crippen LogP contribution is -2.45. The van der Waals surface area contributed by atoms with Crippen molar-refractivity contribution in [3.8, 4) is 0 Å². The molecule has 3 N–H and O–H groups in total. The van der Waals surface area contributed by atoms with Crippen molar-refractivity contribution in [1.82, 2.24) is 5.32 Å². The van der Waals surface area contributed by atoms with E-state index >= 15 is 0 Å². The number of ether oxygens (including phenoxy) is 1. The Bertz CT molecular complexity index is 1250. The predicted molar refractivity (Wildman–Crippen MR) is 352 cm³/mol. The minimum atomic E-state index is -0.665. The molecule has 0 fully saturated rings. The number of hydrogen-bond donors (Lipinski definition) is 3. The second-order valence-corrected chi connectivity index (χ2v) is 25.3. The van der Waals surface area contributed by atoms with Crippen LogP contribution in [0.25, 0.3) is 0 Å². The van der Waals surface area contributed by atoms with E-state index in [4.69, 9.17) is 4.74 Å². The Kier molecular flexibility index (Phi) is 68.4. The lowest BCUT2D eigenvalue weighted by atomic mass is 10.0. The molecule has 0 heterocycles. The maximum atomic E-state index is 12.6. The fourth-order valence-corrected chi connectivity index (χ4v) is 11.6. The molecule has 0 aromatic rings. The first-order chi connectivity index (χ1) is 39.5. The highest BCUT2D eigenvalue weighted by atomic mass is 16.5. The first kappa shape index (κ1) is 78.3. The number of hydrogen-bond acceptors (Lipinski definition) is 5. The highest BCUT2D eigenvalue weighted by Gasteiger charge is 2.20. The molecule has 0 aromatic heterocycles. The van der Waals surface area contributed by atoms with Crippen molar-refractivity contribution in [2.45, 2.75) is 424 Å². The number of unbranched alkanes of at least 4 members (excludes halogenated alkanes) is 54. The Morgan fingerprint density at radius 1 is 0.338 bits per heavy atom. The van der Waals surface area contributed by atoms with E-state index in [0.29, 0.717) is 25.9 Å². The second-order valence-electron chi connectivity index (χ2n) is 25.3. The highest BCUT2D eigenvalue weighted by Crippen LogP contribution is 2.19. The Morgan fingerprint density at radius 3 is 0.912 bits per heavy atom. The van der Waals surface area contributed by atoms with Crippen LogP contribution in [0.5, 0.6) is 0 Å². The van der Waals surface area contributed by atoms with Crippen LogP contribution in [0.3, 0.4) is 0 Å². The van der Waals surface area contributed by atoms with Gasteiger partial charge in [-0.3, -0.25) is 9.59 Å². The summed E-state index contributed by atoms with van der Waals surface area (Å²) < 4.78 is 5.47. The van der Waals surface area contributed by atoms with E-state index in [1.165, 1.54) is 334 Å². The number of aliphatic hydroxyl groups excluding tert-OH is 2. The van der Waals surface area contributed by atoms with E-state index in [2.05, 4.69) is 43.5 Å². The summed E-state index contributed by atoms with van der Waals surface area (Å²) in [6.45, 7) is 4.97. The minimum Gasteiger partial charge on any atom is -0.466 e.